The van der Waals surface area contributed by atoms with E-state index >= 15 is 0 Å². The fourth-order valence-corrected chi connectivity index (χ4v) is 5.00. The second kappa shape index (κ2) is 4.19. The fourth-order valence-electron chi connectivity index (χ4n) is 4.01. The zero-order valence-electron chi connectivity index (χ0n) is 11.2. The predicted molar refractivity (Wildman–Crippen MR) is 80.5 cm³/mol. The van der Waals surface area contributed by atoms with Gasteiger partial charge in [-0.2, -0.15) is 0 Å². The highest BCUT2D eigenvalue weighted by molar-refractivity contribution is 7.10. The van der Waals surface area contributed by atoms with Gasteiger partial charge >= 0.3 is 0 Å². The SMILES string of the molecule is Cc1ccsc1C(N)C1C2CCc3ccccc3C21. The molecule has 1 aromatic carbocycles. The molecule has 0 aliphatic heterocycles. The van der Waals surface area contributed by atoms with Crippen LogP contribution in [0.4, 0.5) is 0 Å². The summed E-state index contributed by atoms with van der Waals surface area (Å²) < 4.78 is 0. The van der Waals surface area contributed by atoms with Crippen molar-refractivity contribution in [3.05, 3.63) is 57.3 Å². The Bertz CT molecular complexity index is 615. The molecule has 0 amide bonds. The second-order valence-corrected chi connectivity index (χ2v) is 6.95. The van der Waals surface area contributed by atoms with Crippen molar-refractivity contribution in [2.45, 2.75) is 31.7 Å². The first-order chi connectivity index (χ1) is 9.27. The van der Waals surface area contributed by atoms with E-state index in [0.717, 1.165) is 11.8 Å². The van der Waals surface area contributed by atoms with E-state index in [1.807, 2.05) is 11.3 Å². The molecule has 0 spiro atoms. The molecular weight excluding hydrogens is 250 g/mol. The quantitative estimate of drug-likeness (QED) is 0.875. The monoisotopic (exact) mass is 269 g/mol. The van der Waals surface area contributed by atoms with Gasteiger partial charge in [0.25, 0.3) is 0 Å². The van der Waals surface area contributed by atoms with Gasteiger partial charge in [0, 0.05) is 10.9 Å². The normalized spacial score (nSPS) is 29.5. The predicted octanol–water partition coefficient (Wildman–Crippen LogP) is 4.03. The van der Waals surface area contributed by atoms with E-state index in [0.29, 0.717) is 5.92 Å². The van der Waals surface area contributed by atoms with E-state index in [1.54, 1.807) is 11.1 Å². The van der Waals surface area contributed by atoms with Crippen LogP contribution < -0.4 is 5.73 Å². The largest absolute Gasteiger partial charge is 0.323 e. The number of thiophene rings is 1. The molecule has 1 fully saturated rings. The van der Waals surface area contributed by atoms with E-state index in [4.69, 9.17) is 5.73 Å². The molecule has 19 heavy (non-hydrogen) atoms. The first-order valence-corrected chi connectivity index (χ1v) is 8.02. The summed E-state index contributed by atoms with van der Waals surface area (Å²) in [6.45, 7) is 2.19. The maximum absolute atomic E-state index is 6.57. The van der Waals surface area contributed by atoms with Crippen LogP contribution in [0.25, 0.3) is 0 Å². The van der Waals surface area contributed by atoms with Crippen molar-refractivity contribution in [1.82, 2.24) is 0 Å². The maximum Gasteiger partial charge on any atom is 0.0429 e. The first-order valence-electron chi connectivity index (χ1n) is 7.15. The van der Waals surface area contributed by atoms with Crippen LogP contribution in [-0.2, 0) is 6.42 Å². The van der Waals surface area contributed by atoms with Gasteiger partial charge in [0.2, 0.25) is 0 Å². The van der Waals surface area contributed by atoms with Crippen molar-refractivity contribution in [2.75, 3.05) is 0 Å². The van der Waals surface area contributed by atoms with Gasteiger partial charge in [-0.25, -0.2) is 0 Å². The zero-order chi connectivity index (χ0) is 13.0. The van der Waals surface area contributed by atoms with E-state index < -0.39 is 0 Å². The van der Waals surface area contributed by atoms with Gasteiger partial charge in [0.1, 0.15) is 0 Å². The lowest BCUT2D eigenvalue weighted by atomic mass is 9.92. The van der Waals surface area contributed by atoms with Crippen LogP contribution in [0, 0.1) is 18.8 Å². The molecule has 1 nitrogen and oxygen atoms in total. The molecule has 1 aromatic heterocycles. The van der Waals surface area contributed by atoms with Crippen molar-refractivity contribution in [1.29, 1.82) is 0 Å². The van der Waals surface area contributed by atoms with Crippen LogP contribution in [-0.4, -0.2) is 0 Å². The number of hydrogen-bond donors (Lipinski definition) is 1. The number of rotatable bonds is 2. The number of aryl methyl sites for hydroxylation is 2. The minimum atomic E-state index is 0.237. The first kappa shape index (κ1) is 11.7. The van der Waals surface area contributed by atoms with E-state index in [-0.39, 0.29) is 6.04 Å². The van der Waals surface area contributed by atoms with Gasteiger partial charge in [-0.05, 0) is 65.7 Å². The lowest BCUT2D eigenvalue weighted by Gasteiger charge is -2.13. The number of benzene rings is 1. The Morgan fingerprint density at radius 1 is 1.26 bits per heavy atom. The van der Waals surface area contributed by atoms with Crippen LogP contribution in [0.15, 0.2) is 35.7 Å². The van der Waals surface area contributed by atoms with Crippen LogP contribution in [0.3, 0.4) is 0 Å². The molecule has 0 saturated heterocycles. The Hall–Kier alpha value is -1.12. The molecule has 0 bridgehead atoms. The number of fused-ring (bicyclic) bond motifs is 3. The van der Waals surface area contributed by atoms with Gasteiger partial charge in [0.05, 0.1) is 0 Å². The summed E-state index contributed by atoms with van der Waals surface area (Å²) in [5.74, 6) is 2.22. The van der Waals surface area contributed by atoms with Crippen molar-refractivity contribution < 1.29 is 0 Å². The summed E-state index contributed by atoms with van der Waals surface area (Å²) in [6.07, 6.45) is 2.56. The molecule has 2 aromatic rings. The minimum Gasteiger partial charge on any atom is -0.323 e. The Kier molecular flexibility index (Phi) is 2.58. The lowest BCUT2D eigenvalue weighted by molar-refractivity contribution is 0.560. The highest BCUT2D eigenvalue weighted by Crippen LogP contribution is 2.64. The third kappa shape index (κ3) is 1.70. The van der Waals surface area contributed by atoms with Gasteiger partial charge < -0.3 is 5.73 Å². The van der Waals surface area contributed by atoms with Crippen LogP contribution in [0.1, 0.15) is 39.9 Å². The van der Waals surface area contributed by atoms with Crippen LogP contribution in [0.5, 0.6) is 0 Å². The maximum atomic E-state index is 6.57. The molecule has 98 valence electrons. The molecule has 2 N–H and O–H groups in total. The molecule has 4 unspecified atom stereocenters. The molecule has 1 heterocycles. The van der Waals surface area contributed by atoms with Crippen molar-refractivity contribution in [3.8, 4) is 0 Å². The van der Waals surface area contributed by atoms with E-state index in [1.165, 1.54) is 23.3 Å². The zero-order valence-corrected chi connectivity index (χ0v) is 12.0. The molecule has 1 saturated carbocycles. The lowest BCUT2D eigenvalue weighted by Crippen LogP contribution is -2.13. The minimum absolute atomic E-state index is 0.237. The number of nitrogens with two attached hydrogens (primary N) is 1. The highest BCUT2D eigenvalue weighted by atomic mass is 32.1. The van der Waals surface area contributed by atoms with Crippen LogP contribution >= 0.6 is 11.3 Å². The summed E-state index contributed by atoms with van der Waals surface area (Å²) in [4.78, 5) is 1.40. The number of hydrogen-bond acceptors (Lipinski definition) is 2. The third-order valence-electron chi connectivity index (χ3n) is 5.01. The molecule has 2 heteroatoms. The van der Waals surface area contributed by atoms with Crippen molar-refractivity contribution in [3.63, 3.8) is 0 Å². The Morgan fingerprint density at radius 3 is 2.89 bits per heavy atom. The molecule has 4 rings (SSSR count). The smallest absolute Gasteiger partial charge is 0.0429 e. The van der Waals surface area contributed by atoms with E-state index in [9.17, 15) is 0 Å². The standard InChI is InChI=1S/C17H19NS/c1-10-8-9-19-17(10)16(18)15-13-7-6-11-4-2-3-5-12(11)14(13)15/h2-5,8-9,13-16H,6-7,18H2,1H3. The van der Waals surface area contributed by atoms with Gasteiger partial charge in [-0.15, -0.1) is 11.3 Å². The fraction of sp³-hybridized carbons (Fsp3) is 0.412. The summed E-state index contributed by atoms with van der Waals surface area (Å²) >= 11 is 1.83. The molecule has 4 atom stereocenters. The Balaban J connectivity index is 1.66. The summed E-state index contributed by atoms with van der Waals surface area (Å²) in [7, 11) is 0. The Labute approximate surface area is 118 Å². The summed E-state index contributed by atoms with van der Waals surface area (Å²) in [6, 6.07) is 11.4. The molecule has 2 aliphatic carbocycles. The molecular formula is C17H19NS. The van der Waals surface area contributed by atoms with Crippen LogP contribution in [0.2, 0.25) is 0 Å². The van der Waals surface area contributed by atoms with E-state index in [2.05, 4.69) is 42.6 Å². The summed E-state index contributed by atoms with van der Waals surface area (Å²) in [5.41, 5.74) is 11.1. The van der Waals surface area contributed by atoms with Gasteiger partial charge in [-0.3, -0.25) is 0 Å². The average Bonchev–Trinajstić information content (AvgIpc) is 3.04. The molecule has 2 aliphatic rings. The van der Waals surface area contributed by atoms with Crippen molar-refractivity contribution >= 4 is 11.3 Å². The topological polar surface area (TPSA) is 26.0 Å². The summed E-state index contributed by atoms with van der Waals surface area (Å²) in [5, 5.41) is 2.17. The van der Waals surface area contributed by atoms with Crippen molar-refractivity contribution in [2.24, 2.45) is 17.6 Å². The molecule has 0 radical (unpaired) electrons. The van der Waals surface area contributed by atoms with Gasteiger partial charge in [-0.1, -0.05) is 24.3 Å². The Morgan fingerprint density at radius 2 is 2.11 bits per heavy atom. The third-order valence-corrected chi connectivity index (χ3v) is 6.13. The van der Waals surface area contributed by atoms with Gasteiger partial charge in [0.15, 0.2) is 0 Å². The highest BCUT2D eigenvalue weighted by Gasteiger charge is 2.56. The average molecular weight is 269 g/mol. The second-order valence-electron chi connectivity index (χ2n) is 6.00.